The second kappa shape index (κ2) is 6.19. The molecular weight excluding hydrogens is 300 g/mol. The van der Waals surface area contributed by atoms with Gasteiger partial charge in [-0.05, 0) is 32.6 Å². The molecule has 0 unspecified atom stereocenters. The molecule has 1 aliphatic rings. The Kier molecular flexibility index (Phi) is 4.77. The highest BCUT2D eigenvalue weighted by Gasteiger charge is 2.30. The van der Waals surface area contributed by atoms with Crippen LogP contribution in [0.5, 0.6) is 0 Å². The minimum absolute atomic E-state index is 0.105. The van der Waals surface area contributed by atoms with Crippen molar-refractivity contribution in [1.29, 1.82) is 0 Å². The standard InChI is InChI=1S/C12H18N2O4S2/c1-8-13-7-11(19-8)20(16,17)14-10-5-3-9(4-6-10)12(15)18-2/h7,9-10,14H,3-6H2,1-2H3. The Hall–Kier alpha value is -0.990. The molecule has 1 N–H and O–H groups in total. The monoisotopic (exact) mass is 318 g/mol. The van der Waals surface area contributed by atoms with Gasteiger partial charge in [-0.15, -0.1) is 11.3 Å². The lowest BCUT2D eigenvalue weighted by Crippen LogP contribution is -2.38. The largest absolute Gasteiger partial charge is 0.469 e. The number of thiazole rings is 1. The first-order valence-corrected chi connectivity index (χ1v) is 8.75. The van der Waals surface area contributed by atoms with E-state index in [1.807, 2.05) is 0 Å². The summed E-state index contributed by atoms with van der Waals surface area (Å²) >= 11 is 1.16. The number of aryl methyl sites for hydroxylation is 1. The normalized spacial score (nSPS) is 23.5. The van der Waals surface area contributed by atoms with Crippen LogP contribution in [0.1, 0.15) is 30.7 Å². The summed E-state index contributed by atoms with van der Waals surface area (Å²) in [7, 11) is -2.11. The lowest BCUT2D eigenvalue weighted by Gasteiger charge is -2.27. The molecule has 0 aliphatic heterocycles. The molecule has 1 fully saturated rings. The van der Waals surface area contributed by atoms with E-state index in [4.69, 9.17) is 4.74 Å². The van der Waals surface area contributed by atoms with Crippen molar-refractivity contribution in [3.05, 3.63) is 11.2 Å². The van der Waals surface area contributed by atoms with Gasteiger partial charge in [0.05, 0.1) is 24.2 Å². The van der Waals surface area contributed by atoms with Gasteiger partial charge >= 0.3 is 5.97 Å². The molecule has 20 heavy (non-hydrogen) atoms. The molecule has 0 radical (unpaired) electrons. The van der Waals surface area contributed by atoms with Gasteiger partial charge in [0.2, 0.25) is 0 Å². The summed E-state index contributed by atoms with van der Waals surface area (Å²) < 4.78 is 32.0. The number of ether oxygens (including phenoxy) is 1. The summed E-state index contributed by atoms with van der Waals surface area (Å²) in [6, 6.07) is -0.122. The van der Waals surface area contributed by atoms with Crippen LogP contribution in [-0.4, -0.2) is 32.5 Å². The summed E-state index contributed by atoms with van der Waals surface area (Å²) in [5, 5.41) is 0.722. The molecule has 1 aromatic rings. The molecule has 0 amide bonds. The Bertz CT molecular complexity index is 574. The van der Waals surface area contributed by atoms with Crippen molar-refractivity contribution in [3.8, 4) is 0 Å². The van der Waals surface area contributed by atoms with Crippen molar-refractivity contribution in [2.24, 2.45) is 5.92 Å². The number of carbonyl (C=O) groups excluding carboxylic acids is 1. The van der Waals surface area contributed by atoms with Crippen LogP contribution in [0.4, 0.5) is 0 Å². The Labute approximate surface area is 122 Å². The first kappa shape index (κ1) is 15.4. The van der Waals surface area contributed by atoms with Crippen LogP contribution >= 0.6 is 11.3 Å². The van der Waals surface area contributed by atoms with E-state index in [0.717, 1.165) is 16.3 Å². The number of nitrogens with one attached hydrogen (secondary N) is 1. The van der Waals surface area contributed by atoms with Gasteiger partial charge in [0.15, 0.2) is 4.21 Å². The van der Waals surface area contributed by atoms with Crippen LogP contribution in [0.3, 0.4) is 0 Å². The van der Waals surface area contributed by atoms with E-state index in [2.05, 4.69) is 9.71 Å². The molecule has 6 nitrogen and oxygen atoms in total. The minimum Gasteiger partial charge on any atom is -0.469 e. The highest BCUT2D eigenvalue weighted by molar-refractivity contribution is 7.91. The van der Waals surface area contributed by atoms with Crippen molar-refractivity contribution in [1.82, 2.24) is 9.71 Å². The Morgan fingerprint density at radius 3 is 2.55 bits per heavy atom. The van der Waals surface area contributed by atoms with Gasteiger partial charge in [-0.1, -0.05) is 0 Å². The molecule has 8 heteroatoms. The number of nitrogens with zero attached hydrogens (tertiary/aromatic N) is 1. The first-order chi connectivity index (χ1) is 9.42. The fourth-order valence-corrected chi connectivity index (χ4v) is 4.79. The molecule has 1 saturated carbocycles. The number of esters is 1. The highest BCUT2D eigenvalue weighted by atomic mass is 32.2. The molecule has 0 saturated heterocycles. The number of rotatable bonds is 4. The maximum absolute atomic E-state index is 12.2. The van der Waals surface area contributed by atoms with E-state index < -0.39 is 10.0 Å². The van der Waals surface area contributed by atoms with E-state index in [-0.39, 0.29) is 22.1 Å². The summed E-state index contributed by atoms with van der Waals surface area (Å²) in [4.78, 5) is 15.4. The van der Waals surface area contributed by atoms with Crippen molar-refractivity contribution in [2.45, 2.75) is 42.9 Å². The Morgan fingerprint density at radius 1 is 1.40 bits per heavy atom. The van der Waals surface area contributed by atoms with Gasteiger partial charge in [0, 0.05) is 6.04 Å². The molecule has 112 valence electrons. The van der Waals surface area contributed by atoms with Crippen LogP contribution in [0.2, 0.25) is 0 Å². The van der Waals surface area contributed by atoms with Crippen molar-refractivity contribution < 1.29 is 17.9 Å². The lowest BCUT2D eigenvalue weighted by molar-refractivity contribution is -0.146. The third-order valence-electron chi connectivity index (χ3n) is 3.45. The summed E-state index contributed by atoms with van der Waals surface area (Å²) in [6.45, 7) is 1.77. The van der Waals surface area contributed by atoms with E-state index in [0.29, 0.717) is 25.7 Å². The van der Waals surface area contributed by atoms with Crippen LogP contribution in [-0.2, 0) is 19.6 Å². The third-order valence-corrected chi connectivity index (χ3v) is 6.34. The molecular formula is C12H18N2O4S2. The number of methoxy groups -OCH3 is 1. The van der Waals surface area contributed by atoms with Gasteiger partial charge in [0.25, 0.3) is 10.0 Å². The number of hydrogen-bond donors (Lipinski definition) is 1. The zero-order valence-corrected chi connectivity index (χ0v) is 13.1. The molecule has 0 aromatic carbocycles. The van der Waals surface area contributed by atoms with Crippen LogP contribution in [0.25, 0.3) is 0 Å². The van der Waals surface area contributed by atoms with Crippen LogP contribution in [0.15, 0.2) is 10.4 Å². The second-order valence-corrected chi connectivity index (χ2v) is 8.07. The van der Waals surface area contributed by atoms with Gasteiger partial charge in [-0.2, -0.15) is 0 Å². The average molecular weight is 318 g/mol. The van der Waals surface area contributed by atoms with E-state index in [9.17, 15) is 13.2 Å². The van der Waals surface area contributed by atoms with Crippen LogP contribution < -0.4 is 4.72 Å². The smallest absolute Gasteiger partial charge is 0.308 e. The number of carbonyl (C=O) groups is 1. The Morgan fingerprint density at radius 2 is 2.05 bits per heavy atom. The van der Waals surface area contributed by atoms with Crippen LogP contribution in [0, 0.1) is 12.8 Å². The van der Waals surface area contributed by atoms with E-state index >= 15 is 0 Å². The third kappa shape index (κ3) is 3.56. The quantitative estimate of drug-likeness (QED) is 0.850. The molecule has 0 bridgehead atoms. The van der Waals surface area contributed by atoms with Gasteiger partial charge in [0.1, 0.15) is 0 Å². The van der Waals surface area contributed by atoms with Gasteiger partial charge in [-0.25, -0.2) is 18.1 Å². The molecule has 1 aromatic heterocycles. The zero-order chi connectivity index (χ0) is 14.8. The lowest BCUT2D eigenvalue weighted by atomic mass is 9.86. The molecule has 1 heterocycles. The fraction of sp³-hybridized carbons (Fsp3) is 0.667. The summed E-state index contributed by atoms with van der Waals surface area (Å²) in [6.07, 6.45) is 3.99. The fourth-order valence-electron chi connectivity index (χ4n) is 2.36. The average Bonchev–Trinajstić information content (AvgIpc) is 2.86. The van der Waals surface area contributed by atoms with Gasteiger partial charge < -0.3 is 4.74 Å². The highest BCUT2D eigenvalue weighted by Crippen LogP contribution is 2.27. The molecule has 0 atom stereocenters. The van der Waals surface area contributed by atoms with Crippen molar-refractivity contribution in [2.75, 3.05) is 7.11 Å². The molecule has 1 aliphatic carbocycles. The summed E-state index contributed by atoms with van der Waals surface area (Å²) in [5.74, 6) is -0.309. The number of sulfonamides is 1. The van der Waals surface area contributed by atoms with Crippen molar-refractivity contribution >= 4 is 27.3 Å². The zero-order valence-electron chi connectivity index (χ0n) is 11.5. The second-order valence-electron chi connectivity index (χ2n) is 4.89. The predicted molar refractivity (Wildman–Crippen MR) is 74.9 cm³/mol. The number of aromatic nitrogens is 1. The molecule has 2 rings (SSSR count). The number of hydrogen-bond acceptors (Lipinski definition) is 6. The van der Waals surface area contributed by atoms with E-state index in [1.54, 1.807) is 6.92 Å². The van der Waals surface area contributed by atoms with E-state index in [1.165, 1.54) is 13.3 Å². The minimum atomic E-state index is -3.49. The summed E-state index contributed by atoms with van der Waals surface area (Å²) in [5.41, 5.74) is 0. The first-order valence-electron chi connectivity index (χ1n) is 6.45. The van der Waals surface area contributed by atoms with Crippen molar-refractivity contribution in [3.63, 3.8) is 0 Å². The predicted octanol–water partition coefficient (Wildman–Crippen LogP) is 1.46. The SMILES string of the molecule is COC(=O)C1CCC(NS(=O)(=O)c2cnc(C)s2)CC1. The molecule has 0 spiro atoms. The maximum atomic E-state index is 12.2. The Balaban J connectivity index is 1.94. The topological polar surface area (TPSA) is 85.4 Å². The van der Waals surface area contributed by atoms with Gasteiger partial charge in [-0.3, -0.25) is 4.79 Å². The maximum Gasteiger partial charge on any atom is 0.308 e.